The van der Waals surface area contributed by atoms with E-state index in [0.717, 1.165) is 22.2 Å². The normalized spacial score (nSPS) is 12.0. The lowest BCUT2D eigenvalue weighted by Crippen LogP contribution is -2.30. The monoisotopic (exact) mass is 514 g/mol. The summed E-state index contributed by atoms with van der Waals surface area (Å²) in [6.45, 7) is 3.75. The Morgan fingerprint density at radius 2 is 1.94 bits per heavy atom. The van der Waals surface area contributed by atoms with E-state index in [1.807, 2.05) is 62.3 Å². The number of aryl methyl sites for hydroxylation is 1. The number of aromatic amines is 1. The summed E-state index contributed by atoms with van der Waals surface area (Å²) in [7, 11) is 3.92. The molecule has 0 aliphatic heterocycles. The van der Waals surface area contributed by atoms with Crippen LogP contribution in [0.4, 0.5) is 5.13 Å². The number of amides is 1. The van der Waals surface area contributed by atoms with E-state index < -0.39 is 0 Å². The summed E-state index contributed by atoms with van der Waals surface area (Å²) in [5.41, 5.74) is 0.281. The smallest absolute Gasteiger partial charge is 0.277 e. The van der Waals surface area contributed by atoms with Gasteiger partial charge in [0.25, 0.3) is 5.91 Å². The van der Waals surface area contributed by atoms with Crippen LogP contribution in [0.15, 0.2) is 62.7 Å². The molecule has 0 fully saturated rings. The molecule has 0 aliphatic carbocycles. The summed E-state index contributed by atoms with van der Waals surface area (Å²) in [6.07, 6.45) is 1.38. The molecule has 34 heavy (non-hydrogen) atoms. The van der Waals surface area contributed by atoms with Crippen LogP contribution in [-0.2, 0) is 0 Å². The lowest BCUT2D eigenvalue weighted by atomic mass is 10.3. The lowest BCUT2D eigenvalue weighted by Gasteiger charge is -2.21. The fraction of sp³-hybridized carbons (Fsp3) is 0.238. The molecular weight excluding hydrogens is 492 g/mol. The minimum Gasteiger partial charge on any atom is -0.475 e. The van der Waals surface area contributed by atoms with Gasteiger partial charge >= 0.3 is 0 Å². The third-order valence-corrected chi connectivity index (χ3v) is 7.08. The summed E-state index contributed by atoms with van der Waals surface area (Å²) >= 11 is 3.85. The van der Waals surface area contributed by atoms with Gasteiger partial charge in [0.05, 0.1) is 0 Å². The van der Waals surface area contributed by atoms with Crippen molar-refractivity contribution >= 4 is 46.1 Å². The minimum atomic E-state index is -0.363. The molecule has 1 aromatic carbocycles. The molecule has 0 aliphatic rings. The van der Waals surface area contributed by atoms with Gasteiger partial charge in [-0.1, -0.05) is 11.8 Å². The highest BCUT2D eigenvalue weighted by Crippen LogP contribution is 2.34. The molecule has 1 amide bonds. The average Bonchev–Trinajstić information content (AvgIpc) is 3.47. The van der Waals surface area contributed by atoms with E-state index in [4.69, 9.17) is 4.74 Å². The number of hydrogen-bond acceptors (Lipinski definition) is 11. The summed E-state index contributed by atoms with van der Waals surface area (Å²) in [5, 5.41) is 11.0. The Morgan fingerprint density at radius 3 is 2.59 bits per heavy atom. The zero-order chi connectivity index (χ0) is 24.1. The van der Waals surface area contributed by atoms with Gasteiger partial charge in [-0.05, 0) is 76.1 Å². The van der Waals surface area contributed by atoms with Crippen molar-refractivity contribution in [2.45, 2.75) is 40.0 Å². The number of ether oxygens (including phenoxy) is 1. The van der Waals surface area contributed by atoms with Crippen LogP contribution in [-0.4, -0.2) is 60.7 Å². The van der Waals surface area contributed by atoms with Crippen LogP contribution in [0.3, 0.4) is 0 Å². The number of hydrogen-bond donors (Lipinski definition) is 2. The minimum absolute atomic E-state index is 0.0450. The van der Waals surface area contributed by atoms with E-state index in [0.29, 0.717) is 26.0 Å². The van der Waals surface area contributed by atoms with Crippen molar-refractivity contribution in [2.75, 3.05) is 19.4 Å². The van der Waals surface area contributed by atoms with Crippen LogP contribution in [0.2, 0.25) is 0 Å². The fourth-order valence-corrected chi connectivity index (χ4v) is 4.73. The van der Waals surface area contributed by atoms with Crippen molar-refractivity contribution < 1.29 is 9.53 Å². The molecule has 0 spiro atoms. The zero-order valence-corrected chi connectivity index (χ0v) is 21.3. The molecule has 0 radical (unpaired) electrons. The van der Waals surface area contributed by atoms with Crippen LogP contribution >= 0.6 is 35.1 Å². The highest BCUT2D eigenvalue weighted by atomic mass is 32.2. The van der Waals surface area contributed by atoms with Crippen molar-refractivity contribution in [2.24, 2.45) is 0 Å². The van der Waals surface area contributed by atoms with E-state index in [9.17, 15) is 4.79 Å². The molecular formula is C21H22N8O2S3. The maximum atomic E-state index is 13.1. The zero-order valence-electron chi connectivity index (χ0n) is 18.8. The van der Waals surface area contributed by atoms with Gasteiger partial charge in [-0.15, -0.1) is 0 Å². The predicted molar refractivity (Wildman–Crippen MR) is 132 cm³/mol. The van der Waals surface area contributed by atoms with E-state index in [-0.39, 0.29) is 17.8 Å². The van der Waals surface area contributed by atoms with Crippen molar-refractivity contribution in [1.29, 1.82) is 0 Å². The first kappa shape index (κ1) is 24.1. The number of rotatable bonds is 9. The molecule has 3 aromatic heterocycles. The third kappa shape index (κ3) is 6.32. The molecule has 3 heterocycles. The number of carbonyl (C=O) groups is 1. The van der Waals surface area contributed by atoms with Crippen LogP contribution in [0, 0.1) is 6.92 Å². The van der Waals surface area contributed by atoms with E-state index in [1.165, 1.54) is 29.9 Å². The van der Waals surface area contributed by atoms with Crippen LogP contribution < -0.4 is 10.1 Å². The highest BCUT2D eigenvalue weighted by molar-refractivity contribution is 7.99. The average molecular weight is 515 g/mol. The quantitative estimate of drug-likeness (QED) is 0.314. The molecule has 1 unspecified atom stereocenters. The third-order valence-electron chi connectivity index (χ3n) is 4.48. The molecule has 10 nitrogen and oxygen atoms in total. The number of nitrogens with one attached hydrogen (secondary N) is 2. The second kappa shape index (κ2) is 11.0. The van der Waals surface area contributed by atoms with Crippen molar-refractivity contribution in [3.05, 3.63) is 54.2 Å². The fourth-order valence-electron chi connectivity index (χ4n) is 2.59. The molecule has 0 saturated heterocycles. The molecule has 13 heteroatoms. The highest BCUT2D eigenvalue weighted by Gasteiger charge is 2.18. The largest absolute Gasteiger partial charge is 0.475 e. The summed E-state index contributed by atoms with van der Waals surface area (Å²) in [5.74, 6) is 1.01. The number of benzene rings is 1. The molecule has 4 rings (SSSR count). The summed E-state index contributed by atoms with van der Waals surface area (Å²) < 4.78 is 10.0. The van der Waals surface area contributed by atoms with Gasteiger partial charge in [0.15, 0.2) is 5.16 Å². The van der Waals surface area contributed by atoms with E-state index >= 15 is 0 Å². The Bertz CT molecular complexity index is 1250. The van der Waals surface area contributed by atoms with Crippen LogP contribution in [0.25, 0.3) is 0 Å². The second-order valence-electron chi connectivity index (χ2n) is 7.24. The maximum absolute atomic E-state index is 13.1. The Morgan fingerprint density at radius 1 is 1.15 bits per heavy atom. The number of nitrogens with zero attached hydrogens (tertiary/aromatic N) is 6. The van der Waals surface area contributed by atoms with Gasteiger partial charge in [0.2, 0.25) is 5.13 Å². The lowest BCUT2D eigenvalue weighted by molar-refractivity contribution is 0.0815. The molecule has 176 valence electrons. The number of aromatic nitrogens is 6. The molecule has 0 saturated carbocycles. The molecule has 0 bridgehead atoms. The number of anilines is 1. The topological polar surface area (TPSA) is 122 Å². The van der Waals surface area contributed by atoms with Gasteiger partial charge in [-0.3, -0.25) is 20.1 Å². The van der Waals surface area contributed by atoms with Crippen LogP contribution in [0.1, 0.15) is 23.2 Å². The standard InChI is InChI=1S/C21H22N8O2S3/c1-12-24-21(34-28-12)26-19(30)18-16(9-10-17(25-18)33-20-22-11-23-27-20)32-15-7-5-14(6-8-15)31-13(2)29(3)4/h5-11,13H,1-4H3,(H,22,23,27)(H,24,26,28,30). The van der Waals surface area contributed by atoms with Crippen LogP contribution in [0.5, 0.6) is 5.75 Å². The summed E-state index contributed by atoms with van der Waals surface area (Å²) in [4.78, 5) is 29.7. The van der Waals surface area contributed by atoms with Gasteiger partial charge in [0.1, 0.15) is 34.8 Å². The Balaban J connectivity index is 1.56. The molecule has 2 N–H and O–H groups in total. The SMILES string of the molecule is Cc1nsc(NC(=O)c2nc(Sc3ncn[nH]3)ccc2Sc2ccc(OC(C)N(C)C)cc2)n1. The van der Waals surface area contributed by atoms with E-state index in [2.05, 4.69) is 34.8 Å². The Kier molecular flexibility index (Phi) is 7.77. The predicted octanol–water partition coefficient (Wildman–Crippen LogP) is 4.20. The van der Waals surface area contributed by atoms with Crippen molar-refractivity contribution in [1.82, 2.24) is 34.4 Å². The number of pyridine rings is 1. The van der Waals surface area contributed by atoms with E-state index in [1.54, 1.807) is 6.92 Å². The Labute approximate surface area is 209 Å². The number of H-pyrrole nitrogens is 1. The van der Waals surface area contributed by atoms with Gasteiger partial charge in [-0.2, -0.15) is 9.47 Å². The maximum Gasteiger partial charge on any atom is 0.277 e. The second-order valence-corrected chi connectivity index (χ2v) is 10.1. The molecule has 4 aromatic rings. The van der Waals surface area contributed by atoms with Gasteiger partial charge in [0, 0.05) is 21.3 Å². The van der Waals surface area contributed by atoms with Gasteiger partial charge in [-0.25, -0.2) is 15.0 Å². The number of carbonyl (C=O) groups excluding carboxylic acids is 1. The molecule has 1 atom stereocenters. The van der Waals surface area contributed by atoms with Gasteiger partial charge < -0.3 is 4.74 Å². The first-order valence-electron chi connectivity index (χ1n) is 10.1. The summed E-state index contributed by atoms with van der Waals surface area (Å²) in [6, 6.07) is 11.4. The first-order chi connectivity index (χ1) is 16.4. The Hall–Kier alpha value is -3.00. The first-order valence-corrected chi connectivity index (χ1v) is 12.5. The van der Waals surface area contributed by atoms with Crippen molar-refractivity contribution in [3.8, 4) is 5.75 Å². The van der Waals surface area contributed by atoms with Crippen molar-refractivity contribution in [3.63, 3.8) is 0 Å².